The van der Waals surface area contributed by atoms with E-state index in [0.717, 1.165) is 22.3 Å². The first-order chi connectivity index (χ1) is 11.8. The van der Waals surface area contributed by atoms with Gasteiger partial charge in [-0.25, -0.2) is 13.1 Å². The number of amides is 1. The Morgan fingerprint density at radius 2 is 1.76 bits per heavy atom. The predicted octanol–water partition coefficient (Wildman–Crippen LogP) is 2.60. The minimum Gasteiger partial charge on any atom is -0.348 e. The summed E-state index contributed by atoms with van der Waals surface area (Å²) in [6.45, 7) is 5.38. The molecule has 0 aliphatic carbocycles. The maximum absolute atomic E-state index is 12.2. The van der Waals surface area contributed by atoms with Crippen LogP contribution in [0.25, 0.3) is 0 Å². The fraction of sp³-hybridized carbons (Fsp3) is 0.316. The van der Waals surface area contributed by atoms with E-state index in [0.29, 0.717) is 0 Å². The first-order valence-electron chi connectivity index (χ1n) is 8.14. The zero-order chi connectivity index (χ0) is 18.4. The van der Waals surface area contributed by atoms with Gasteiger partial charge in [0.25, 0.3) is 0 Å². The van der Waals surface area contributed by atoms with E-state index in [-0.39, 0.29) is 24.2 Å². The van der Waals surface area contributed by atoms with E-state index < -0.39 is 10.0 Å². The van der Waals surface area contributed by atoms with Crippen LogP contribution in [0.1, 0.15) is 35.2 Å². The van der Waals surface area contributed by atoms with Crippen LogP contribution in [0.2, 0.25) is 0 Å². The Balaban J connectivity index is 1.90. The highest BCUT2D eigenvalue weighted by molar-refractivity contribution is 7.88. The number of hydrogen-bond donors (Lipinski definition) is 2. The van der Waals surface area contributed by atoms with Crippen molar-refractivity contribution in [2.75, 3.05) is 6.54 Å². The molecule has 0 bridgehead atoms. The molecule has 0 aliphatic rings. The largest absolute Gasteiger partial charge is 0.348 e. The Labute approximate surface area is 149 Å². The number of aryl methyl sites for hydroxylation is 2. The van der Waals surface area contributed by atoms with Gasteiger partial charge >= 0.3 is 0 Å². The Bertz CT molecular complexity index is 833. The first-order valence-corrected chi connectivity index (χ1v) is 9.80. The molecule has 2 aromatic rings. The summed E-state index contributed by atoms with van der Waals surface area (Å²) in [6, 6.07) is 15.0. The topological polar surface area (TPSA) is 75.3 Å². The van der Waals surface area contributed by atoms with Crippen LogP contribution in [0, 0.1) is 13.8 Å². The van der Waals surface area contributed by atoms with Gasteiger partial charge in [0.2, 0.25) is 15.9 Å². The third-order valence-corrected chi connectivity index (χ3v) is 5.26. The molecule has 1 amide bonds. The van der Waals surface area contributed by atoms with Crippen molar-refractivity contribution in [3.63, 3.8) is 0 Å². The second kappa shape index (κ2) is 8.27. The van der Waals surface area contributed by atoms with Gasteiger partial charge in [-0.05, 0) is 37.5 Å². The van der Waals surface area contributed by atoms with Crippen LogP contribution in [0.15, 0.2) is 48.5 Å². The quantitative estimate of drug-likeness (QED) is 0.797. The fourth-order valence-electron chi connectivity index (χ4n) is 2.50. The summed E-state index contributed by atoms with van der Waals surface area (Å²) in [4.78, 5) is 12.0. The van der Waals surface area contributed by atoms with Gasteiger partial charge in [0.05, 0.1) is 18.3 Å². The molecule has 6 heteroatoms. The molecule has 0 saturated heterocycles. The summed E-state index contributed by atoms with van der Waals surface area (Å²) in [7, 11) is -3.58. The van der Waals surface area contributed by atoms with E-state index in [1.54, 1.807) is 0 Å². The Morgan fingerprint density at radius 3 is 2.44 bits per heavy atom. The van der Waals surface area contributed by atoms with Gasteiger partial charge in [0, 0.05) is 0 Å². The average Bonchev–Trinajstić information content (AvgIpc) is 2.57. The molecule has 1 atom stereocenters. The van der Waals surface area contributed by atoms with E-state index in [4.69, 9.17) is 0 Å². The lowest BCUT2D eigenvalue weighted by atomic mass is 10.1. The minimum atomic E-state index is -3.58. The molecule has 0 spiro atoms. The number of sulfonamides is 1. The van der Waals surface area contributed by atoms with E-state index in [1.807, 2.05) is 69.3 Å². The maximum Gasteiger partial charge on any atom is 0.235 e. The molecule has 134 valence electrons. The van der Waals surface area contributed by atoms with E-state index in [2.05, 4.69) is 10.0 Å². The van der Waals surface area contributed by atoms with Crippen molar-refractivity contribution in [2.24, 2.45) is 0 Å². The molecule has 2 aromatic carbocycles. The normalized spacial score (nSPS) is 12.6. The number of benzene rings is 2. The van der Waals surface area contributed by atoms with Gasteiger partial charge in [-0.15, -0.1) is 0 Å². The molecule has 25 heavy (non-hydrogen) atoms. The monoisotopic (exact) mass is 360 g/mol. The van der Waals surface area contributed by atoms with Crippen LogP contribution in [-0.2, 0) is 20.6 Å². The van der Waals surface area contributed by atoms with Crippen molar-refractivity contribution < 1.29 is 13.2 Å². The zero-order valence-corrected chi connectivity index (χ0v) is 15.6. The van der Waals surface area contributed by atoms with Crippen LogP contribution in [-0.4, -0.2) is 20.9 Å². The van der Waals surface area contributed by atoms with Gasteiger partial charge < -0.3 is 5.32 Å². The number of carbonyl (C=O) groups excluding carboxylic acids is 1. The third-order valence-electron chi connectivity index (χ3n) is 3.98. The smallest absolute Gasteiger partial charge is 0.235 e. The van der Waals surface area contributed by atoms with E-state index in [9.17, 15) is 13.2 Å². The van der Waals surface area contributed by atoms with Crippen LogP contribution >= 0.6 is 0 Å². The van der Waals surface area contributed by atoms with Crippen molar-refractivity contribution in [3.05, 3.63) is 70.8 Å². The van der Waals surface area contributed by atoms with Gasteiger partial charge in [-0.2, -0.15) is 0 Å². The van der Waals surface area contributed by atoms with E-state index >= 15 is 0 Å². The zero-order valence-electron chi connectivity index (χ0n) is 14.7. The Hall–Kier alpha value is -2.18. The van der Waals surface area contributed by atoms with Gasteiger partial charge in [0.15, 0.2) is 0 Å². The van der Waals surface area contributed by atoms with Gasteiger partial charge in [-0.1, -0.05) is 54.1 Å². The number of rotatable bonds is 7. The molecule has 0 aliphatic heterocycles. The lowest BCUT2D eigenvalue weighted by Gasteiger charge is -2.15. The summed E-state index contributed by atoms with van der Waals surface area (Å²) in [5.74, 6) is -0.497. The van der Waals surface area contributed by atoms with Crippen molar-refractivity contribution in [3.8, 4) is 0 Å². The molecule has 0 heterocycles. The summed E-state index contributed by atoms with van der Waals surface area (Å²) in [5, 5.41) is 2.79. The summed E-state index contributed by atoms with van der Waals surface area (Å²) in [5.41, 5.74) is 3.63. The van der Waals surface area contributed by atoms with E-state index in [1.165, 1.54) is 0 Å². The third kappa shape index (κ3) is 5.99. The second-order valence-corrected chi connectivity index (χ2v) is 8.02. The molecule has 0 saturated carbocycles. The number of carbonyl (C=O) groups is 1. The van der Waals surface area contributed by atoms with Crippen LogP contribution in [0.5, 0.6) is 0 Å². The number of hydrogen-bond acceptors (Lipinski definition) is 3. The molecule has 0 radical (unpaired) electrons. The molecule has 0 fully saturated rings. The highest BCUT2D eigenvalue weighted by Gasteiger charge is 2.16. The minimum absolute atomic E-state index is 0.137. The van der Waals surface area contributed by atoms with Crippen LogP contribution in [0.3, 0.4) is 0 Å². The lowest BCUT2D eigenvalue weighted by Crippen LogP contribution is -2.38. The second-order valence-electron chi connectivity index (χ2n) is 6.21. The van der Waals surface area contributed by atoms with Crippen molar-refractivity contribution >= 4 is 15.9 Å². The van der Waals surface area contributed by atoms with Gasteiger partial charge in [-0.3, -0.25) is 4.79 Å². The number of nitrogens with one attached hydrogen (secondary N) is 2. The Kier molecular flexibility index (Phi) is 6.33. The standard InChI is InChI=1S/C19H24N2O3S/c1-14-9-10-15(2)18(11-14)13-25(23,24)20-12-19(22)21-16(3)17-7-5-4-6-8-17/h4-11,16,20H,12-13H2,1-3H3,(H,21,22). The fourth-order valence-corrected chi connectivity index (χ4v) is 3.68. The van der Waals surface area contributed by atoms with Crippen LogP contribution in [0.4, 0.5) is 0 Å². The summed E-state index contributed by atoms with van der Waals surface area (Å²) >= 11 is 0. The molecule has 0 aromatic heterocycles. The maximum atomic E-state index is 12.2. The molecule has 5 nitrogen and oxygen atoms in total. The Morgan fingerprint density at radius 1 is 1.08 bits per heavy atom. The molecule has 2 rings (SSSR count). The average molecular weight is 360 g/mol. The summed E-state index contributed by atoms with van der Waals surface area (Å²) in [6.07, 6.45) is 0. The summed E-state index contributed by atoms with van der Waals surface area (Å²) < 4.78 is 26.8. The molecular weight excluding hydrogens is 336 g/mol. The highest BCUT2D eigenvalue weighted by atomic mass is 32.2. The molecular formula is C19H24N2O3S. The first kappa shape index (κ1) is 19.1. The van der Waals surface area contributed by atoms with Crippen LogP contribution < -0.4 is 10.0 Å². The van der Waals surface area contributed by atoms with Crippen molar-refractivity contribution in [1.82, 2.24) is 10.0 Å². The predicted molar refractivity (Wildman–Crippen MR) is 99.5 cm³/mol. The SMILES string of the molecule is Cc1ccc(C)c(CS(=O)(=O)NCC(=O)NC(C)c2ccccc2)c1. The molecule has 2 N–H and O–H groups in total. The van der Waals surface area contributed by atoms with Crippen molar-refractivity contribution in [1.29, 1.82) is 0 Å². The lowest BCUT2D eigenvalue weighted by molar-refractivity contribution is -0.120. The van der Waals surface area contributed by atoms with Crippen molar-refractivity contribution in [2.45, 2.75) is 32.6 Å². The van der Waals surface area contributed by atoms with Gasteiger partial charge in [0.1, 0.15) is 0 Å². The molecule has 1 unspecified atom stereocenters. The highest BCUT2D eigenvalue weighted by Crippen LogP contribution is 2.14.